The van der Waals surface area contributed by atoms with Crippen LogP contribution < -0.4 is 0 Å². The zero-order chi connectivity index (χ0) is 13.1. The topological polar surface area (TPSA) is 57.6 Å². The normalized spacial score (nSPS) is 15.2. The molecular weight excluding hydrogens is 250 g/mol. The minimum Gasteiger partial charge on any atom is -0.477 e. The molecule has 1 amide bonds. The van der Waals surface area contributed by atoms with Gasteiger partial charge in [0.2, 0.25) is 0 Å². The fraction of sp³-hybridized carbons (Fsp3) is 0.538. The van der Waals surface area contributed by atoms with Gasteiger partial charge in [0.05, 0.1) is 4.88 Å². The van der Waals surface area contributed by atoms with Crippen LogP contribution in [0.25, 0.3) is 0 Å². The number of carboxylic acid groups (broad SMARTS) is 1. The molecule has 4 nitrogen and oxygen atoms in total. The molecule has 2 rings (SSSR count). The third-order valence-corrected chi connectivity index (χ3v) is 4.46. The quantitative estimate of drug-likeness (QED) is 0.892. The molecule has 18 heavy (non-hydrogen) atoms. The lowest BCUT2D eigenvalue weighted by atomic mass is 9.85. The van der Waals surface area contributed by atoms with Gasteiger partial charge in [-0.25, -0.2) is 4.79 Å². The molecule has 0 unspecified atom stereocenters. The van der Waals surface area contributed by atoms with Gasteiger partial charge in [0, 0.05) is 13.1 Å². The first-order chi connectivity index (χ1) is 8.61. The summed E-state index contributed by atoms with van der Waals surface area (Å²) in [6.45, 7) is 3.44. The van der Waals surface area contributed by atoms with Crippen molar-refractivity contribution in [1.82, 2.24) is 4.90 Å². The number of hydrogen-bond donors (Lipinski definition) is 1. The van der Waals surface area contributed by atoms with Crippen molar-refractivity contribution in [2.75, 3.05) is 13.1 Å². The summed E-state index contributed by atoms with van der Waals surface area (Å²) in [4.78, 5) is 25.6. The third-order valence-electron chi connectivity index (χ3n) is 3.40. The fourth-order valence-corrected chi connectivity index (χ4v) is 2.88. The summed E-state index contributed by atoms with van der Waals surface area (Å²) in [6, 6.07) is 3.11. The van der Waals surface area contributed by atoms with Crippen molar-refractivity contribution in [3.8, 4) is 0 Å². The Kier molecular flexibility index (Phi) is 4.01. The van der Waals surface area contributed by atoms with Gasteiger partial charge in [-0.1, -0.05) is 6.42 Å². The van der Waals surface area contributed by atoms with E-state index in [9.17, 15) is 9.59 Å². The van der Waals surface area contributed by atoms with Crippen molar-refractivity contribution >= 4 is 23.2 Å². The molecule has 0 radical (unpaired) electrons. The van der Waals surface area contributed by atoms with Crippen LogP contribution in [0.1, 0.15) is 45.5 Å². The van der Waals surface area contributed by atoms with Gasteiger partial charge in [-0.05, 0) is 37.8 Å². The van der Waals surface area contributed by atoms with Crippen molar-refractivity contribution in [3.63, 3.8) is 0 Å². The van der Waals surface area contributed by atoms with Crippen LogP contribution in [0.15, 0.2) is 12.1 Å². The smallest absolute Gasteiger partial charge is 0.345 e. The van der Waals surface area contributed by atoms with E-state index >= 15 is 0 Å². The Morgan fingerprint density at radius 1 is 1.39 bits per heavy atom. The maximum Gasteiger partial charge on any atom is 0.345 e. The first-order valence-corrected chi connectivity index (χ1v) is 7.06. The highest BCUT2D eigenvalue weighted by Gasteiger charge is 2.24. The van der Waals surface area contributed by atoms with Crippen molar-refractivity contribution in [3.05, 3.63) is 21.9 Å². The number of nitrogens with zero attached hydrogens (tertiary/aromatic N) is 1. The van der Waals surface area contributed by atoms with E-state index in [0.29, 0.717) is 17.3 Å². The van der Waals surface area contributed by atoms with Crippen LogP contribution in [-0.4, -0.2) is 35.0 Å². The first-order valence-electron chi connectivity index (χ1n) is 6.24. The molecule has 1 aliphatic rings. The second-order valence-electron chi connectivity index (χ2n) is 4.61. The van der Waals surface area contributed by atoms with Gasteiger partial charge in [0.15, 0.2) is 0 Å². The zero-order valence-electron chi connectivity index (χ0n) is 10.4. The van der Waals surface area contributed by atoms with Gasteiger partial charge in [0.25, 0.3) is 5.91 Å². The second kappa shape index (κ2) is 5.52. The van der Waals surface area contributed by atoms with Gasteiger partial charge in [-0.2, -0.15) is 0 Å². The molecule has 1 saturated carbocycles. The number of hydrogen-bond acceptors (Lipinski definition) is 3. The van der Waals surface area contributed by atoms with Crippen molar-refractivity contribution < 1.29 is 14.7 Å². The Morgan fingerprint density at radius 2 is 2.06 bits per heavy atom. The van der Waals surface area contributed by atoms with Crippen molar-refractivity contribution in [1.29, 1.82) is 0 Å². The lowest BCUT2D eigenvalue weighted by Gasteiger charge is -2.31. The average Bonchev–Trinajstić information content (AvgIpc) is 2.76. The molecule has 0 aliphatic heterocycles. The maximum absolute atomic E-state index is 12.2. The van der Waals surface area contributed by atoms with E-state index in [4.69, 9.17) is 5.11 Å². The number of carbonyl (C=O) groups excluding carboxylic acids is 1. The summed E-state index contributed by atoms with van der Waals surface area (Å²) in [6.07, 6.45) is 3.67. The number of carbonyl (C=O) groups is 2. The number of rotatable bonds is 5. The number of thiophene rings is 1. The van der Waals surface area contributed by atoms with Gasteiger partial charge in [-0.15, -0.1) is 11.3 Å². The molecule has 5 heteroatoms. The Labute approximate surface area is 110 Å². The van der Waals surface area contributed by atoms with Crippen LogP contribution in [0.3, 0.4) is 0 Å². The van der Waals surface area contributed by atoms with Gasteiger partial charge < -0.3 is 10.0 Å². The van der Waals surface area contributed by atoms with Crippen LogP contribution in [0.5, 0.6) is 0 Å². The highest BCUT2D eigenvalue weighted by Crippen LogP contribution is 2.28. The standard InChI is InChI=1S/C13H17NO3S/c1-2-14(8-9-4-3-5-9)12(15)10-6-7-11(18-10)13(16)17/h6-7,9H,2-5,8H2,1H3,(H,16,17). The molecule has 0 bridgehead atoms. The number of aromatic carboxylic acids is 1. The van der Waals surface area contributed by atoms with E-state index in [0.717, 1.165) is 17.9 Å². The molecule has 0 atom stereocenters. The Bertz CT molecular complexity index is 451. The molecular formula is C13H17NO3S. The van der Waals surface area contributed by atoms with Crippen LogP contribution in [0.4, 0.5) is 0 Å². The summed E-state index contributed by atoms with van der Waals surface area (Å²) in [5.41, 5.74) is 0. The second-order valence-corrected chi connectivity index (χ2v) is 5.69. The summed E-state index contributed by atoms with van der Waals surface area (Å²) >= 11 is 1.05. The van der Waals surface area contributed by atoms with Crippen LogP contribution in [-0.2, 0) is 0 Å². The molecule has 1 N–H and O–H groups in total. The molecule has 1 fully saturated rings. The van der Waals surface area contributed by atoms with E-state index in [1.165, 1.54) is 25.3 Å². The predicted molar refractivity (Wildman–Crippen MR) is 70.2 cm³/mol. The maximum atomic E-state index is 12.2. The van der Waals surface area contributed by atoms with Crippen molar-refractivity contribution in [2.24, 2.45) is 5.92 Å². The average molecular weight is 267 g/mol. The minimum absolute atomic E-state index is 0.0399. The Balaban J connectivity index is 2.04. The molecule has 0 spiro atoms. The summed E-state index contributed by atoms with van der Waals surface area (Å²) < 4.78 is 0. The Hall–Kier alpha value is -1.36. The minimum atomic E-state index is -0.971. The largest absolute Gasteiger partial charge is 0.477 e. The van der Waals surface area contributed by atoms with E-state index in [-0.39, 0.29) is 10.8 Å². The van der Waals surface area contributed by atoms with Crippen LogP contribution >= 0.6 is 11.3 Å². The molecule has 98 valence electrons. The molecule has 0 aromatic carbocycles. The summed E-state index contributed by atoms with van der Waals surface area (Å²) in [5.74, 6) is -0.379. The van der Waals surface area contributed by atoms with Gasteiger partial charge in [-0.3, -0.25) is 4.79 Å². The SMILES string of the molecule is CCN(CC1CCC1)C(=O)c1ccc(C(=O)O)s1. The number of carboxylic acids is 1. The van der Waals surface area contributed by atoms with Crippen LogP contribution in [0, 0.1) is 5.92 Å². The monoisotopic (exact) mass is 267 g/mol. The van der Waals surface area contributed by atoms with Gasteiger partial charge in [0.1, 0.15) is 4.88 Å². The summed E-state index contributed by atoms with van der Waals surface area (Å²) in [7, 11) is 0. The van der Waals surface area contributed by atoms with Crippen LogP contribution in [0.2, 0.25) is 0 Å². The first kappa shape index (κ1) is 13.1. The van der Waals surface area contributed by atoms with E-state index in [1.807, 2.05) is 11.8 Å². The van der Waals surface area contributed by atoms with E-state index < -0.39 is 5.97 Å². The molecule has 1 aromatic heterocycles. The van der Waals surface area contributed by atoms with Crippen molar-refractivity contribution in [2.45, 2.75) is 26.2 Å². The predicted octanol–water partition coefficient (Wildman–Crippen LogP) is 2.71. The Morgan fingerprint density at radius 3 is 2.50 bits per heavy atom. The van der Waals surface area contributed by atoms with E-state index in [1.54, 1.807) is 6.07 Å². The highest BCUT2D eigenvalue weighted by molar-refractivity contribution is 7.15. The molecule has 0 saturated heterocycles. The molecule has 1 heterocycles. The van der Waals surface area contributed by atoms with E-state index in [2.05, 4.69) is 0 Å². The summed E-state index contributed by atoms with van der Waals surface area (Å²) in [5, 5.41) is 8.85. The van der Waals surface area contributed by atoms with Gasteiger partial charge >= 0.3 is 5.97 Å². The lowest BCUT2D eigenvalue weighted by Crippen LogP contribution is -2.36. The fourth-order valence-electron chi connectivity index (χ4n) is 2.07. The molecule has 1 aliphatic carbocycles. The lowest BCUT2D eigenvalue weighted by molar-refractivity contribution is 0.0698. The zero-order valence-corrected chi connectivity index (χ0v) is 11.2. The third kappa shape index (κ3) is 2.72. The highest BCUT2D eigenvalue weighted by atomic mass is 32.1. The number of amides is 1. The molecule has 1 aromatic rings.